The highest BCUT2D eigenvalue weighted by Gasteiger charge is 2.09. The van der Waals surface area contributed by atoms with Crippen molar-refractivity contribution in [2.75, 3.05) is 30.5 Å². The molecule has 0 aliphatic heterocycles. The molecule has 3 nitrogen and oxygen atoms in total. The Labute approximate surface area is 115 Å². The van der Waals surface area contributed by atoms with Gasteiger partial charge in [-0.1, -0.05) is 6.07 Å². The quantitative estimate of drug-likeness (QED) is 0.858. The highest BCUT2D eigenvalue weighted by Crippen LogP contribution is 2.11. The Kier molecular flexibility index (Phi) is 5.96. The zero-order chi connectivity index (χ0) is 13.6. The van der Waals surface area contributed by atoms with E-state index < -0.39 is 0 Å². The van der Waals surface area contributed by atoms with Crippen LogP contribution in [-0.4, -0.2) is 36.1 Å². The van der Waals surface area contributed by atoms with Gasteiger partial charge in [-0.3, -0.25) is 0 Å². The number of pyridine rings is 1. The maximum absolute atomic E-state index is 4.68. The normalized spacial score (nSPS) is 11.6. The second-order valence-electron chi connectivity index (χ2n) is 5.51. The molecular formula is C14H25N3S. The lowest BCUT2D eigenvalue weighted by atomic mass is 10.1. The monoisotopic (exact) mass is 267 g/mol. The van der Waals surface area contributed by atoms with Gasteiger partial charge in [0.15, 0.2) is 0 Å². The third kappa shape index (κ3) is 5.74. The highest BCUT2D eigenvalue weighted by molar-refractivity contribution is 7.98. The van der Waals surface area contributed by atoms with E-state index >= 15 is 0 Å². The van der Waals surface area contributed by atoms with Crippen molar-refractivity contribution in [1.29, 1.82) is 0 Å². The van der Waals surface area contributed by atoms with Gasteiger partial charge in [-0.2, -0.15) is 11.8 Å². The SMILES string of the molecule is CSCCN(C)c1cccc(CNC(C)(C)C)n1. The van der Waals surface area contributed by atoms with Gasteiger partial charge in [0, 0.05) is 31.4 Å². The summed E-state index contributed by atoms with van der Waals surface area (Å²) in [6.07, 6.45) is 2.13. The molecule has 0 bridgehead atoms. The molecule has 0 aliphatic rings. The fraction of sp³-hybridized carbons (Fsp3) is 0.643. The van der Waals surface area contributed by atoms with Crippen molar-refractivity contribution in [2.24, 2.45) is 0 Å². The first kappa shape index (κ1) is 15.3. The molecule has 1 N–H and O–H groups in total. The van der Waals surface area contributed by atoms with Crippen LogP contribution in [0.1, 0.15) is 26.5 Å². The summed E-state index contributed by atoms with van der Waals surface area (Å²) < 4.78 is 0. The van der Waals surface area contributed by atoms with Gasteiger partial charge >= 0.3 is 0 Å². The van der Waals surface area contributed by atoms with Crippen LogP contribution in [0.5, 0.6) is 0 Å². The summed E-state index contributed by atoms with van der Waals surface area (Å²) in [5, 5.41) is 3.46. The van der Waals surface area contributed by atoms with Gasteiger partial charge in [-0.05, 0) is 39.2 Å². The molecule has 102 valence electrons. The number of aromatic nitrogens is 1. The zero-order valence-electron chi connectivity index (χ0n) is 12.2. The molecule has 0 spiro atoms. The Balaban J connectivity index is 2.61. The van der Waals surface area contributed by atoms with Crippen LogP contribution in [0.2, 0.25) is 0 Å². The van der Waals surface area contributed by atoms with Gasteiger partial charge in [-0.25, -0.2) is 4.98 Å². The smallest absolute Gasteiger partial charge is 0.128 e. The van der Waals surface area contributed by atoms with E-state index in [1.807, 2.05) is 11.8 Å². The first-order valence-corrected chi connectivity index (χ1v) is 7.73. The van der Waals surface area contributed by atoms with Crippen LogP contribution in [0.3, 0.4) is 0 Å². The van der Waals surface area contributed by atoms with Crippen LogP contribution in [0.15, 0.2) is 18.2 Å². The zero-order valence-corrected chi connectivity index (χ0v) is 13.0. The Morgan fingerprint density at radius 2 is 2.06 bits per heavy atom. The molecule has 0 aliphatic carbocycles. The summed E-state index contributed by atoms with van der Waals surface area (Å²) in [5.74, 6) is 2.18. The fourth-order valence-corrected chi connectivity index (χ4v) is 1.93. The molecule has 0 unspecified atom stereocenters. The minimum absolute atomic E-state index is 0.127. The Hall–Kier alpha value is -0.740. The Morgan fingerprint density at radius 1 is 1.33 bits per heavy atom. The molecule has 1 heterocycles. The van der Waals surface area contributed by atoms with Gasteiger partial charge in [0.05, 0.1) is 5.69 Å². The van der Waals surface area contributed by atoms with Crippen molar-refractivity contribution in [1.82, 2.24) is 10.3 Å². The number of hydrogen-bond acceptors (Lipinski definition) is 4. The van der Waals surface area contributed by atoms with Gasteiger partial charge in [0.25, 0.3) is 0 Å². The Bertz CT molecular complexity index is 360. The summed E-state index contributed by atoms with van der Waals surface area (Å²) in [5.41, 5.74) is 1.22. The standard InChI is InChI=1S/C14H25N3S/c1-14(2,3)15-11-12-7-6-8-13(16-12)17(4)9-10-18-5/h6-8,15H,9-11H2,1-5H3. The van der Waals surface area contributed by atoms with Crippen LogP contribution < -0.4 is 10.2 Å². The first-order chi connectivity index (χ1) is 8.42. The van der Waals surface area contributed by atoms with E-state index in [1.165, 1.54) is 0 Å². The molecule has 0 saturated carbocycles. The van der Waals surface area contributed by atoms with Gasteiger partial charge in [0.1, 0.15) is 5.82 Å². The van der Waals surface area contributed by atoms with E-state index in [0.717, 1.165) is 30.4 Å². The largest absolute Gasteiger partial charge is 0.359 e. The minimum Gasteiger partial charge on any atom is -0.359 e. The number of anilines is 1. The summed E-state index contributed by atoms with van der Waals surface area (Å²) in [7, 11) is 2.10. The molecule has 0 fully saturated rings. The van der Waals surface area contributed by atoms with E-state index in [4.69, 9.17) is 0 Å². The maximum Gasteiger partial charge on any atom is 0.128 e. The number of nitrogens with one attached hydrogen (secondary N) is 1. The van der Waals surface area contributed by atoms with Crippen LogP contribution in [0.4, 0.5) is 5.82 Å². The number of hydrogen-bond donors (Lipinski definition) is 1. The molecule has 0 aromatic carbocycles. The fourth-order valence-electron chi connectivity index (χ4n) is 1.48. The minimum atomic E-state index is 0.127. The maximum atomic E-state index is 4.68. The van der Waals surface area contributed by atoms with Crippen LogP contribution in [0, 0.1) is 0 Å². The lowest BCUT2D eigenvalue weighted by Crippen LogP contribution is -2.35. The highest BCUT2D eigenvalue weighted by atomic mass is 32.2. The van der Waals surface area contributed by atoms with Crippen molar-refractivity contribution < 1.29 is 0 Å². The van der Waals surface area contributed by atoms with E-state index in [0.29, 0.717) is 0 Å². The van der Waals surface area contributed by atoms with Crippen molar-refractivity contribution in [3.05, 3.63) is 23.9 Å². The first-order valence-electron chi connectivity index (χ1n) is 6.33. The van der Waals surface area contributed by atoms with Gasteiger partial charge in [0.2, 0.25) is 0 Å². The van der Waals surface area contributed by atoms with Crippen molar-refractivity contribution in [3.63, 3.8) is 0 Å². The Morgan fingerprint density at radius 3 is 2.67 bits per heavy atom. The lowest BCUT2D eigenvalue weighted by molar-refractivity contribution is 0.421. The number of thioether (sulfide) groups is 1. The third-order valence-corrected chi connectivity index (χ3v) is 3.20. The predicted octanol–water partition coefficient (Wildman–Crippen LogP) is 2.77. The molecule has 0 atom stereocenters. The summed E-state index contributed by atoms with van der Waals surface area (Å²) in [6, 6.07) is 6.23. The average Bonchev–Trinajstić information content (AvgIpc) is 2.33. The number of nitrogens with zero attached hydrogens (tertiary/aromatic N) is 2. The van der Waals surface area contributed by atoms with E-state index in [1.54, 1.807) is 0 Å². The average molecular weight is 267 g/mol. The molecule has 0 amide bonds. The lowest BCUT2D eigenvalue weighted by Gasteiger charge is -2.21. The molecule has 4 heteroatoms. The predicted molar refractivity (Wildman–Crippen MR) is 82.5 cm³/mol. The topological polar surface area (TPSA) is 28.2 Å². The summed E-state index contributed by atoms with van der Waals surface area (Å²) in [4.78, 5) is 6.89. The number of rotatable bonds is 6. The second kappa shape index (κ2) is 7.00. The van der Waals surface area contributed by atoms with E-state index in [2.05, 4.69) is 67.5 Å². The molecule has 1 rings (SSSR count). The molecule has 18 heavy (non-hydrogen) atoms. The van der Waals surface area contributed by atoms with E-state index in [9.17, 15) is 0 Å². The van der Waals surface area contributed by atoms with Gasteiger partial charge < -0.3 is 10.2 Å². The second-order valence-corrected chi connectivity index (χ2v) is 6.49. The van der Waals surface area contributed by atoms with Crippen LogP contribution in [-0.2, 0) is 6.54 Å². The van der Waals surface area contributed by atoms with Crippen molar-refractivity contribution >= 4 is 17.6 Å². The molecular weight excluding hydrogens is 242 g/mol. The summed E-state index contributed by atoms with van der Waals surface area (Å²) >= 11 is 1.86. The van der Waals surface area contributed by atoms with Crippen LogP contribution >= 0.6 is 11.8 Å². The third-order valence-electron chi connectivity index (χ3n) is 2.61. The van der Waals surface area contributed by atoms with Gasteiger partial charge in [-0.15, -0.1) is 0 Å². The van der Waals surface area contributed by atoms with E-state index in [-0.39, 0.29) is 5.54 Å². The molecule has 0 radical (unpaired) electrons. The molecule has 0 saturated heterocycles. The molecule has 1 aromatic rings. The molecule has 1 aromatic heterocycles. The summed E-state index contributed by atoms with van der Waals surface area (Å²) in [6.45, 7) is 8.35. The van der Waals surface area contributed by atoms with Crippen molar-refractivity contribution in [3.8, 4) is 0 Å². The van der Waals surface area contributed by atoms with Crippen molar-refractivity contribution in [2.45, 2.75) is 32.9 Å². The van der Waals surface area contributed by atoms with Crippen LogP contribution in [0.25, 0.3) is 0 Å².